The van der Waals surface area contributed by atoms with Gasteiger partial charge in [-0.05, 0) is 12.8 Å². The number of rotatable bonds is 15. The quantitative estimate of drug-likeness (QED) is 0.0582. The average Bonchev–Trinajstić information content (AvgIpc) is 3.83. The zero-order valence-electron chi connectivity index (χ0n) is 24.7. The zero-order valence-corrected chi connectivity index (χ0v) is 28.5. The average molecular weight is 753 g/mol. The summed E-state index contributed by atoms with van der Waals surface area (Å²) in [6.45, 7) is -0.0789. The third-order valence-corrected chi connectivity index (χ3v) is 9.40. The molecule has 2 fully saturated rings. The molecule has 0 saturated carbocycles. The highest BCUT2D eigenvalue weighted by atomic mass is 32.7. The number of nitrogens with one attached hydrogen (secondary N) is 2. The molecule has 0 radical (unpaired) electrons. The molecule has 4 aromatic heterocycles. The summed E-state index contributed by atoms with van der Waals surface area (Å²) in [5.41, 5.74) is 1.34. The second-order valence-corrected chi connectivity index (χ2v) is 14.5. The number of alkyl halides is 2. The van der Waals surface area contributed by atoms with Crippen LogP contribution in [-0.4, -0.2) is 112 Å². The second-order valence-electron chi connectivity index (χ2n) is 10.7. The Balaban J connectivity index is 1.04. The molecule has 0 spiro atoms. The summed E-state index contributed by atoms with van der Waals surface area (Å²) in [5.74, 6) is 0.849. The molecule has 6 heterocycles. The standard InChI is InChI=1S/C24H32F2N10O8P2S2/c25-13-17(43-45(39)47)11(5-37)41-23(13)35-9-33-15-19(29-7-31-21(15)35)27-3-1-2-4-28-20-16-22(32-8-30-20)36(10-34-16)24-14(26)18(44-46(40)48)12(6-38)42-24/h7-14,17-18,23-24,37-38,45-46H,1-6H2,(H,39,47)(H,40,48)(H,27,29,31)(H,28,30,32)/t11?,12?,13-,14-,17-,18-,23-,24-/m1/s1. The van der Waals surface area contributed by atoms with Crippen molar-refractivity contribution in [1.82, 2.24) is 39.0 Å². The molecule has 0 amide bonds. The van der Waals surface area contributed by atoms with Gasteiger partial charge in [0.1, 0.15) is 37.1 Å². The Morgan fingerprint density at radius 2 is 1.17 bits per heavy atom. The van der Waals surface area contributed by atoms with Gasteiger partial charge in [-0.3, -0.25) is 18.3 Å². The lowest BCUT2D eigenvalue weighted by molar-refractivity contribution is -0.0427. The van der Waals surface area contributed by atoms with E-state index in [1.54, 1.807) is 0 Å². The number of thiol groups is 2. The summed E-state index contributed by atoms with van der Waals surface area (Å²) in [6, 6.07) is 0. The van der Waals surface area contributed by atoms with Gasteiger partial charge in [-0.1, -0.05) is 24.5 Å². The normalized spacial score (nSPS) is 28.7. The highest BCUT2D eigenvalue weighted by molar-refractivity contribution is 8.39. The van der Waals surface area contributed by atoms with Gasteiger partial charge in [-0.15, -0.1) is 0 Å². The van der Waals surface area contributed by atoms with Gasteiger partial charge in [-0.2, -0.15) is 0 Å². The van der Waals surface area contributed by atoms with Gasteiger partial charge in [0.25, 0.3) is 0 Å². The summed E-state index contributed by atoms with van der Waals surface area (Å²) in [7, 11) is -5.57. The number of unbranched alkanes of at least 4 members (excludes halogenated alkanes) is 1. The summed E-state index contributed by atoms with van der Waals surface area (Å²) < 4.78 is 77.7. The van der Waals surface area contributed by atoms with Crippen molar-refractivity contribution in [2.45, 2.75) is 62.1 Å². The minimum Gasteiger partial charge on any atom is -0.394 e. The van der Waals surface area contributed by atoms with Crippen molar-refractivity contribution in [3.8, 4) is 0 Å². The number of hydrogen-bond acceptors (Lipinski definition) is 16. The highest BCUT2D eigenvalue weighted by Crippen LogP contribution is 2.42. The number of aliphatic hydroxyl groups excluding tert-OH is 2. The van der Waals surface area contributed by atoms with E-state index in [1.807, 2.05) is 0 Å². The summed E-state index contributed by atoms with van der Waals surface area (Å²) in [5, 5.41) is 25.6. The van der Waals surface area contributed by atoms with Crippen LogP contribution < -0.4 is 10.6 Å². The number of aromatic nitrogens is 8. The Morgan fingerprint density at radius 1 is 0.750 bits per heavy atom. The highest BCUT2D eigenvalue weighted by Gasteiger charge is 2.49. The van der Waals surface area contributed by atoms with Gasteiger partial charge in [0.2, 0.25) is 14.5 Å². The van der Waals surface area contributed by atoms with Crippen LogP contribution in [0.3, 0.4) is 0 Å². The number of halogens is 2. The van der Waals surface area contributed by atoms with Gasteiger partial charge < -0.3 is 39.4 Å². The van der Waals surface area contributed by atoms with Gasteiger partial charge in [0.05, 0.1) is 25.9 Å². The molecule has 4 N–H and O–H groups in total. The van der Waals surface area contributed by atoms with E-state index in [0.29, 0.717) is 59.9 Å². The van der Waals surface area contributed by atoms with Crippen LogP contribution in [-0.2, 0) is 27.7 Å². The minimum absolute atomic E-state index is 0.291. The molecule has 0 bridgehead atoms. The van der Waals surface area contributed by atoms with Gasteiger partial charge in [0.15, 0.2) is 58.8 Å². The molecule has 6 rings (SSSR count). The maximum atomic E-state index is 15.2. The molecule has 48 heavy (non-hydrogen) atoms. The molecular weight excluding hydrogens is 720 g/mol. The van der Waals surface area contributed by atoms with Crippen LogP contribution in [0, 0.1) is 0 Å². The SMILES string of the molecule is O=[PH](S)O[C@@H]1C(CO)O[C@@H](n2cnc3c(NCCCCNc4ncnc5c4ncn5[C@@H]4OC(CO)[C@@H](O[PH](=O)S)[C@H]4F)ncnc32)[C@@H]1F. The van der Waals surface area contributed by atoms with Crippen molar-refractivity contribution in [3.63, 3.8) is 0 Å². The lowest BCUT2D eigenvalue weighted by Crippen LogP contribution is -2.31. The first kappa shape index (κ1) is 35.3. The second kappa shape index (κ2) is 15.6. The molecule has 262 valence electrons. The number of nitrogens with zero attached hydrogens (tertiary/aromatic N) is 8. The van der Waals surface area contributed by atoms with Crippen LogP contribution in [0.25, 0.3) is 22.3 Å². The van der Waals surface area contributed by atoms with Crippen LogP contribution in [0.1, 0.15) is 25.3 Å². The number of imidazole rings is 2. The monoisotopic (exact) mass is 752 g/mol. The minimum atomic E-state index is -2.79. The van der Waals surface area contributed by atoms with Crippen molar-refractivity contribution in [1.29, 1.82) is 0 Å². The van der Waals surface area contributed by atoms with Crippen molar-refractivity contribution in [2.75, 3.05) is 36.9 Å². The van der Waals surface area contributed by atoms with E-state index in [1.165, 1.54) is 34.4 Å². The Hall–Kier alpha value is -2.52. The van der Waals surface area contributed by atoms with Gasteiger partial charge >= 0.3 is 0 Å². The molecule has 2 aliphatic rings. The predicted molar refractivity (Wildman–Crippen MR) is 174 cm³/mol. The van der Waals surface area contributed by atoms with E-state index in [9.17, 15) is 19.3 Å². The van der Waals surface area contributed by atoms with Crippen molar-refractivity contribution < 1.29 is 46.6 Å². The van der Waals surface area contributed by atoms with E-state index in [4.69, 9.17) is 18.5 Å². The maximum Gasteiger partial charge on any atom is 0.243 e. The Bertz CT molecular complexity index is 1650. The smallest absolute Gasteiger partial charge is 0.243 e. The summed E-state index contributed by atoms with van der Waals surface area (Å²) in [4.78, 5) is 25.6. The molecule has 4 unspecified atom stereocenters. The van der Waals surface area contributed by atoms with Crippen LogP contribution in [0.2, 0.25) is 0 Å². The molecule has 10 atom stereocenters. The Kier molecular flexibility index (Phi) is 11.5. The third-order valence-electron chi connectivity index (χ3n) is 7.82. The van der Waals surface area contributed by atoms with E-state index in [2.05, 4.69) is 65.0 Å². The number of ether oxygens (including phenoxy) is 2. The van der Waals surface area contributed by atoms with Gasteiger partial charge in [0, 0.05) is 13.1 Å². The molecule has 0 aliphatic carbocycles. The molecular formula is C24H32F2N10O8P2S2. The first-order valence-corrected chi connectivity index (χ1v) is 19.9. The number of hydrogen-bond donors (Lipinski definition) is 6. The van der Waals surface area contributed by atoms with Crippen molar-refractivity contribution >= 4 is 72.9 Å². The largest absolute Gasteiger partial charge is 0.394 e. The fraction of sp³-hybridized carbons (Fsp3) is 0.583. The van der Waals surface area contributed by atoms with Crippen molar-refractivity contribution in [3.05, 3.63) is 25.3 Å². The fourth-order valence-corrected chi connectivity index (χ4v) is 7.40. The third kappa shape index (κ3) is 7.19. The first-order chi connectivity index (χ1) is 23.2. The van der Waals surface area contributed by atoms with Crippen molar-refractivity contribution in [2.24, 2.45) is 0 Å². The number of anilines is 2. The predicted octanol–water partition coefficient (Wildman–Crippen LogP) is 2.14. The molecule has 18 nitrogen and oxygen atoms in total. The Morgan fingerprint density at radius 3 is 1.54 bits per heavy atom. The molecule has 24 heteroatoms. The number of aliphatic hydroxyl groups is 2. The summed E-state index contributed by atoms with van der Waals surface area (Å²) in [6.07, 6.45) is -3.92. The van der Waals surface area contributed by atoms with E-state index >= 15 is 8.78 Å². The lowest BCUT2D eigenvalue weighted by atomic mass is 10.1. The zero-order chi connectivity index (χ0) is 33.9. The fourth-order valence-electron chi connectivity index (χ4n) is 5.64. The molecule has 0 aromatic carbocycles. The van der Waals surface area contributed by atoms with E-state index in [-0.39, 0.29) is 0 Å². The molecule has 2 saturated heterocycles. The molecule has 2 aliphatic heterocycles. The Labute approximate surface area is 282 Å². The van der Waals surface area contributed by atoms with Gasteiger partial charge in [-0.25, -0.2) is 38.7 Å². The molecule has 4 aromatic rings. The first-order valence-electron chi connectivity index (χ1n) is 14.6. The summed E-state index contributed by atoms with van der Waals surface area (Å²) >= 11 is 7.43. The van der Waals surface area contributed by atoms with E-state index < -0.39 is 76.9 Å². The van der Waals surface area contributed by atoms with Crippen LogP contribution in [0.5, 0.6) is 0 Å². The van der Waals surface area contributed by atoms with Crippen LogP contribution in [0.4, 0.5) is 20.4 Å². The van der Waals surface area contributed by atoms with Crippen LogP contribution in [0.15, 0.2) is 25.3 Å². The number of fused-ring (bicyclic) bond motifs is 2. The maximum absolute atomic E-state index is 15.2. The van der Waals surface area contributed by atoms with Crippen LogP contribution >= 0.6 is 39.0 Å². The van der Waals surface area contributed by atoms with E-state index in [0.717, 1.165) is 0 Å². The topological polar surface area (TPSA) is 223 Å². The lowest BCUT2D eigenvalue weighted by Gasteiger charge is -2.16.